The maximum Gasteiger partial charge on any atom is 0.164 e. The van der Waals surface area contributed by atoms with E-state index in [4.69, 9.17) is 4.74 Å². The van der Waals surface area contributed by atoms with Crippen LogP contribution in [-0.2, 0) is 9.53 Å². The molecule has 0 aromatic carbocycles. The second-order valence-electron chi connectivity index (χ2n) is 4.59. The molecule has 14 heavy (non-hydrogen) atoms. The molecule has 1 heterocycles. The van der Waals surface area contributed by atoms with Gasteiger partial charge in [-0.2, -0.15) is 0 Å². The van der Waals surface area contributed by atoms with Crippen molar-refractivity contribution in [3.63, 3.8) is 0 Å². The highest BCUT2D eigenvalue weighted by Gasteiger charge is 2.29. The maximum atomic E-state index is 12.0. The largest absolute Gasteiger partial charge is 0.370 e. The number of rotatable bonds is 2. The highest BCUT2D eigenvalue weighted by Crippen LogP contribution is 2.28. The number of Topliss-reactive ketones (excluding diaryl/α,β-unsaturated/α-hetero) is 1. The van der Waals surface area contributed by atoms with Gasteiger partial charge in [-0.3, -0.25) is 4.79 Å². The summed E-state index contributed by atoms with van der Waals surface area (Å²) in [6.45, 7) is 0.795. The van der Waals surface area contributed by atoms with Gasteiger partial charge in [0, 0.05) is 12.5 Å². The lowest BCUT2D eigenvalue weighted by molar-refractivity contribution is -0.138. The minimum atomic E-state index is -0.0492. The monoisotopic (exact) mass is 196 g/mol. The van der Waals surface area contributed by atoms with Crippen molar-refractivity contribution in [1.82, 2.24) is 0 Å². The Hall–Kier alpha value is -0.370. The summed E-state index contributed by atoms with van der Waals surface area (Å²) in [5.74, 6) is 0.733. The molecule has 0 aromatic rings. The molecular formula is C12H20O2. The average Bonchev–Trinajstić information content (AvgIpc) is 2.30. The molecule has 2 fully saturated rings. The van der Waals surface area contributed by atoms with Crippen molar-refractivity contribution < 1.29 is 9.53 Å². The molecule has 1 unspecified atom stereocenters. The van der Waals surface area contributed by atoms with Gasteiger partial charge in [0.15, 0.2) is 5.78 Å². The molecule has 0 radical (unpaired) electrons. The summed E-state index contributed by atoms with van der Waals surface area (Å²) in [6, 6.07) is 0. The molecule has 80 valence electrons. The van der Waals surface area contributed by atoms with Crippen LogP contribution in [-0.4, -0.2) is 18.5 Å². The van der Waals surface area contributed by atoms with E-state index in [1.807, 2.05) is 0 Å². The van der Waals surface area contributed by atoms with Crippen LogP contribution in [0, 0.1) is 5.92 Å². The van der Waals surface area contributed by atoms with Crippen molar-refractivity contribution in [2.24, 2.45) is 5.92 Å². The van der Waals surface area contributed by atoms with Gasteiger partial charge in [-0.25, -0.2) is 0 Å². The Kier molecular flexibility index (Phi) is 3.57. The van der Waals surface area contributed by atoms with Crippen molar-refractivity contribution in [2.75, 3.05) is 6.61 Å². The smallest absolute Gasteiger partial charge is 0.164 e. The summed E-state index contributed by atoms with van der Waals surface area (Å²) in [4.78, 5) is 12.0. The Labute approximate surface area is 86.0 Å². The van der Waals surface area contributed by atoms with Crippen molar-refractivity contribution in [3.05, 3.63) is 0 Å². The zero-order valence-corrected chi connectivity index (χ0v) is 8.84. The Morgan fingerprint density at radius 2 is 1.64 bits per heavy atom. The first-order chi connectivity index (χ1) is 6.88. The predicted octanol–water partition coefficient (Wildman–Crippen LogP) is 2.70. The molecule has 1 aliphatic carbocycles. The first kappa shape index (κ1) is 10.2. The lowest BCUT2D eigenvalue weighted by atomic mass is 9.83. The Morgan fingerprint density at radius 1 is 0.929 bits per heavy atom. The number of hydrogen-bond acceptors (Lipinski definition) is 2. The van der Waals surface area contributed by atoms with Crippen LogP contribution in [0.15, 0.2) is 0 Å². The van der Waals surface area contributed by atoms with Crippen molar-refractivity contribution in [1.29, 1.82) is 0 Å². The minimum Gasteiger partial charge on any atom is -0.370 e. The van der Waals surface area contributed by atoms with Gasteiger partial charge in [0.05, 0.1) is 0 Å². The minimum absolute atomic E-state index is 0.0492. The molecule has 2 aliphatic rings. The molecule has 1 saturated carbocycles. The van der Waals surface area contributed by atoms with Crippen molar-refractivity contribution in [2.45, 2.75) is 57.5 Å². The first-order valence-electron chi connectivity index (χ1n) is 6.03. The van der Waals surface area contributed by atoms with Crippen molar-refractivity contribution >= 4 is 5.78 Å². The first-order valence-corrected chi connectivity index (χ1v) is 6.03. The number of ether oxygens (including phenoxy) is 1. The van der Waals surface area contributed by atoms with Crippen LogP contribution in [0.3, 0.4) is 0 Å². The lowest BCUT2D eigenvalue weighted by Crippen LogP contribution is -2.34. The molecule has 2 nitrogen and oxygen atoms in total. The van der Waals surface area contributed by atoms with Crippen LogP contribution in [0.1, 0.15) is 51.4 Å². The number of ketones is 1. The fourth-order valence-corrected chi connectivity index (χ4v) is 2.62. The summed E-state index contributed by atoms with van der Waals surface area (Å²) in [6.07, 6.45) is 9.23. The van der Waals surface area contributed by atoms with Crippen LogP contribution in [0.2, 0.25) is 0 Å². The fourth-order valence-electron chi connectivity index (χ4n) is 2.62. The van der Waals surface area contributed by atoms with Crippen LogP contribution >= 0.6 is 0 Å². The van der Waals surface area contributed by atoms with Gasteiger partial charge < -0.3 is 4.74 Å². The third-order valence-electron chi connectivity index (χ3n) is 3.50. The topological polar surface area (TPSA) is 26.3 Å². The molecule has 1 saturated heterocycles. The van der Waals surface area contributed by atoms with E-state index >= 15 is 0 Å². The third kappa shape index (κ3) is 2.35. The molecule has 2 heteroatoms. The summed E-state index contributed by atoms with van der Waals surface area (Å²) in [5, 5.41) is 0. The third-order valence-corrected chi connectivity index (χ3v) is 3.50. The molecule has 1 aliphatic heterocycles. The van der Waals surface area contributed by atoms with Crippen LogP contribution in [0.5, 0.6) is 0 Å². The van der Waals surface area contributed by atoms with Gasteiger partial charge in [0.1, 0.15) is 6.10 Å². The average molecular weight is 196 g/mol. The highest BCUT2D eigenvalue weighted by molar-refractivity contribution is 5.85. The second kappa shape index (κ2) is 4.92. The molecule has 0 aromatic heterocycles. The maximum absolute atomic E-state index is 12.0. The molecule has 2 rings (SSSR count). The number of carbonyl (C=O) groups excluding carboxylic acids is 1. The lowest BCUT2D eigenvalue weighted by Gasteiger charge is -2.27. The van der Waals surface area contributed by atoms with Gasteiger partial charge in [-0.15, -0.1) is 0 Å². The Morgan fingerprint density at radius 3 is 2.29 bits per heavy atom. The van der Waals surface area contributed by atoms with Crippen molar-refractivity contribution in [3.8, 4) is 0 Å². The van der Waals surface area contributed by atoms with Crippen LogP contribution < -0.4 is 0 Å². The van der Waals surface area contributed by atoms with E-state index in [9.17, 15) is 4.79 Å². The molecule has 0 bridgehead atoms. The molecule has 0 amide bonds. The quantitative estimate of drug-likeness (QED) is 0.678. The van der Waals surface area contributed by atoms with E-state index in [0.29, 0.717) is 11.7 Å². The van der Waals surface area contributed by atoms with Gasteiger partial charge in [-0.1, -0.05) is 19.3 Å². The van der Waals surface area contributed by atoms with Gasteiger partial charge in [0.2, 0.25) is 0 Å². The molecule has 1 atom stereocenters. The summed E-state index contributed by atoms with van der Waals surface area (Å²) in [7, 11) is 0. The summed E-state index contributed by atoms with van der Waals surface area (Å²) in [5.41, 5.74) is 0. The van der Waals surface area contributed by atoms with E-state index in [0.717, 1.165) is 32.3 Å². The van der Waals surface area contributed by atoms with E-state index in [-0.39, 0.29) is 6.10 Å². The fraction of sp³-hybridized carbons (Fsp3) is 0.917. The van der Waals surface area contributed by atoms with Crippen LogP contribution in [0.25, 0.3) is 0 Å². The molecule has 0 spiro atoms. The Balaban J connectivity index is 1.85. The Bertz CT molecular complexity index is 168. The normalized spacial score (nSPS) is 30.1. The summed E-state index contributed by atoms with van der Waals surface area (Å²) >= 11 is 0. The predicted molar refractivity (Wildman–Crippen MR) is 55.2 cm³/mol. The van der Waals surface area contributed by atoms with Gasteiger partial charge in [-0.05, 0) is 32.1 Å². The standard InChI is InChI=1S/C12H20O2/c13-12(10-6-2-1-3-7-10)11-8-4-5-9-14-11/h10-11H,1-9H2. The van der Waals surface area contributed by atoms with E-state index in [1.54, 1.807) is 0 Å². The second-order valence-corrected chi connectivity index (χ2v) is 4.59. The summed E-state index contributed by atoms with van der Waals surface area (Å²) < 4.78 is 5.54. The van der Waals surface area contributed by atoms with E-state index < -0.39 is 0 Å². The number of hydrogen-bond donors (Lipinski definition) is 0. The zero-order valence-electron chi connectivity index (χ0n) is 8.84. The highest BCUT2D eigenvalue weighted by atomic mass is 16.5. The van der Waals surface area contributed by atoms with E-state index in [2.05, 4.69) is 0 Å². The van der Waals surface area contributed by atoms with Gasteiger partial charge >= 0.3 is 0 Å². The molecule has 0 N–H and O–H groups in total. The van der Waals surface area contributed by atoms with Gasteiger partial charge in [0.25, 0.3) is 0 Å². The van der Waals surface area contributed by atoms with E-state index in [1.165, 1.54) is 25.7 Å². The zero-order chi connectivity index (χ0) is 9.80. The molecular weight excluding hydrogens is 176 g/mol. The SMILES string of the molecule is O=C(C1CCCCC1)C1CCCCO1. The van der Waals surface area contributed by atoms with Crippen LogP contribution in [0.4, 0.5) is 0 Å². The number of carbonyl (C=O) groups is 1.